The summed E-state index contributed by atoms with van der Waals surface area (Å²) in [5.41, 5.74) is 5.81. The summed E-state index contributed by atoms with van der Waals surface area (Å²) in [7, 11) is 0. The first-order chi connectivity index (χ1) is 7.71. The number of rotatable bonds is 4. The largest absolute Gasteiger partial charge is 0.367 e. The van der Waals surface area contributed by atoms with Crippen molar-refractivity contribution >= 4 is 0 Å². The zero-order chi connectivity index (χ0) is 13.3. The highest BCUT2D eigenvalue weighted by molar-refractivity contribution is 4.93. The van der Waals surface area contributed by atoms with Crippen LogP contribution in [0.5, 0.6) is 0 Å². The van der Waals surface area contributed by atoms with Crippen molar-refractivity contribution in [1.82, 2.24) is 4.90 Å². The van der Waals surface area contributed by atoms with Gasteiger partial charge in [-0.1, -0.05) is 20.3 Å². The molecule has 1 saturated heterocycles. The van der Waals surface area contributed by atoms with E-state index in [4.69, 9.17) is 10.5 Å². The number of nitrogens with zero attached hydrogens (tertiary/aromatic N) is 1. The Bertz CT molecular complexity index is 235. The van der Waals surface area contributed by atoms with Gasteiger partial charge in [0.05, 0.1) is 11.2 Å². The van der Waals surface area contributed by atoms with Gasteiger partial charge < -0.3 is 10.5 Å². The van der Waals surface area contributed by atoms with Crippen LogP contribution in [0.15, 0.2) is 0 Å². The molecule has 0 saturated carbocycles. The lowest BCUT2D eigenvalue weighted by molar-refractivity contribution is -0.189. The fourth-order valence-corrected chi connectivity index (χ4v) is 3.09. The van der Waals surface area contributed by atoms with Gasteiger partial charge in [0, 0.05) is 25.7 Å². The zero-order valence-corrected chi connectivity index (χ0v) is 12.4. The number of nitrogens with two attached hydrogens (primary N) is 1. The number of hydrogen-bond donors (Lipinski definition) is 1. The predicted octanol–water partition coefficient (Wildman–Crippen LogP) is 2.25. The summed E-state index contributed by atoms with van der Waals surface area (Å²) in [6, 6.07) is 0.474. The smallest absolute Gasteiger partial charge is 0.0760 e. The fraction of sp³-hybridized carbons (Fsp3) is 1.00. The molecule has 0 aromatic heterocycles. The van der Waals surface area contributed by atoms with Crippen molar-refractivity contribution < 1.29 is 4.74 Å². The van der Waals surface area contributed by atoms with Crippen molar-refractivity contribution in [2.24, 2.45) is 11.7 Å². The molecule has 2 atom stereocenters. The molecule has 0 aromatic rings. The third-order valence-electron chi connectivity index (χ3n) is 3.73. The lowest BCUT2D eigenvalue weighted by Gasteiger charge is -2.50. The van der Waals surface area contributed by atoms with Gasteiger partial charge in [-0.05, 0) is 33.6 Å². The highest BCUT2D eigenvalue weighted by Gasteiger charge is 2.40. The highest BCUT2D eigenvalue weighted by Crippen LogP contribution is 2.30. The molecule has 3 nitrogen and oxygen atoms in total. The van der Waals surface area contributed by atoms with Gasteiger partial charge in [0.1, 0.15) is 0 Å². The standard InChI is InChI=1S/C14H30N2O/c1-7-11(2)12(8-15)16-9-13(3,4)17-14(5,6)10-16/h11-12H,7-10,15H2,1-6H3. The van der Waals surface area contributed by atoms with Gasteiger partial charge in [-0.25, -0.2) is 0 Å². The summed E-state index contributed by atoms with van der Waals surface area (Å²) in [6.45, 7) is 15.9. The third-order valence-corrected chi connectivity index (χ3v) is 3.73. The van der Waals surface area contributed by atoms with Crippen molar-refractivity contribution in [2.75, 3.05) is 19.6 Å². The molecule has 3 heteroatoms. The van der Waals surface area contributed by atoms with Gasteiger partial charge >= 0.3 is 0 Å². The summed E-state index contributed by atoms with van der Waals surface area (Å²) < 4.78 is 6.12. The third kappa shape index (κ3) is 3.94. The number of ether oxygens (including phenoxy) is 1. The summed E-state index contributed by atoms with van der Waals surface area (Å²) in [6.07, 6.45) is 1.18. The molecule has 0 spiro atoms. The molecule has 0 bridgehead atoms. The van der Waals surface area contributed by atoms with Crippen molar-refractivity contribution in [3.63, 3.8) is 0 Å². The Balaban J connectivity index is 2.81. The maximum Gasteiger partial charge on any atom is 0.0760 e. The van der Waals surface area contributed by atoms with Gasteiger partial charge in [-0.15, -0.1) is 0 Å². The van der Waals surface area contributed by atoms with Crippen LogP contribution in [-0.4, -0.2) is 41.8 Å². The monoisotopic (exact) mass is 242 g/mol. The maximum absolute atomic E-state index is 6.12. The van der Waals surface area contributed by atoms with Crippen LogP contribution < -0.4 is 5.73 Å². The lowest BCUT2D eigenvalue weighted by atomic mass is 9.92. The van der Waals surface area contributed by atoms with E-state index in [0.29, 0.717) is 12.0 Å². The summed E-state index contributed by atoms with van der Waals surface area (Å²) >= 11 is 0. The summed E-state index contributed by atoms with van der Waals surface area (Å²) in [5, 5.41) is 0. The molecule has 0 radical (unpaired) electrons. The molecule has 1 aliphatic heterocycles. The van der Waals surface area contributed by atoms with E-state index in [-0.39, 0.29) is 11.2 Å². The molecule has 1 rings (SSSR count). The Kier molecular flexibility index (Phi) is 4.61. The molecule has 2 unspecified atom stereocenters. The minimum absolute atomic E-state index is 0.0807. The van der Waals surface area contributed by atoms with Crippen LogP contribution in [0.1, 0.15) is 48.0 Å². The average molecular weight is 242 g/mol. The van der Waals surface area contributed by atoms with Crippen LogP contribution in [0, 0.1) is 5.92 Å². The molecule has 1 aliphatic rings. The van der Waals surface area contributed by atoms with Crippen molar-refractivity contribution in [3.8, 4) is 0 Å². The first kappa shape index (κ1) is 14.9. The second kappa shape index (κ2) is 5.25. The molecule has 0 aromatic carbocycles. The molecular formula is C14H30N2O. The van der Waals surface area contributed by atoms with Crippen molar-refractivity contribution in [3.05, 3.63) is 0 Å². The van der Waals surface area contributed by atoms with E-state index in [1.54, 1.807) is 0 Å². The zero-order valence-electron chi connectivity index (χ0n) is 12.4. The van der Waals surface area contributed by atoms with Crippen LogP contribution in [0.3, 0.4) is 0 Å². The minimum atomic E-state index is -0.0807. The van der Waals surface area contributed by atoms with Crippen LogP contribution >= 0.6 is 0 Å². The van der Waals surface area contributed by atoms with Crippen LogP contribution in [0.25, 0.3) is 0 Å². The molecule has 17 heavy (non-hydrogen) atoms. The van der Waals surface area contributed by atoms with E-state index >= 15 is 0 Å². The van der Waals surface area contributed by atoms with E-state index < -0.39 is 0 Å². The van der Waals surface area contributed by atoms with Crippen LogP contribution in [-0.2, 0) is 4.74 Å². The van der Waals surface area contributed by atoms with E-state index in [2.05, 4.69) is 46.4 Å². The second-order valence-electron chi connectivity index (χ2n) is 6.72. The molecule has 102 valence electrons. The Morgan fingerprint density at radius 1 is 1.18 bits per heavy atom. The van der Waals surface area contributed by atoms with Gasteiger partial charge in [0.2, 0.25) is 0 Å². The van der Waals surface area contributed by atoms with Crippen molar-refractivity contribution in [1.29, 1.82) is 0 Å². The summed E-state index contributed by atoms with van der Waals surface area (Å²) in [4.78, 5) is 2.53. The van der Waals surface area contributed by atoms with E-state index in [1.807, 2.05) is 0 Å². The molecule has 2 N–H and O–H groups in total. The lowest BCUT2D eigenvalue weighted by Crippen LogP contribution is -2.61. The first-order valence-electron chi connectivity index (χ1n) is 6.85. The topological polar surface area (TPSA) is 38.5 Å². The maximum atomic E-state index is 6.12. The normalized spacial score (nSPS) is 27.7. The highest BCUT2D eigenvalue weighted by atomic mass is 16.5. The molecular weight excluding hydrogens is 212 g/mol. The van der Waals surface area contributed by atoms with Crippen molar-refractivity contribution in [2.45, 2.75) is 65.2 Å². The second-order valence-corrected chi connectivity index (χ2v) is 6.72. The quantitative estimate of drug-likeness (QED) is 0.822. The van der Waals surface area contributed by atoms with Gasteiger partial charge in [-0.3, -0.25) is 4.90 Å². The fourth-order valence-electron chi connectivity index (χ4n) is 3.09. The molecule has 0 aliphatic carbocycles. The number of morpholine rings is 1. The SMILES string of the molecule is CCC(C)C(CN)N1CC(C)(C)OC(C)(C)C1. The van der Waals surface area contributed by atoms with E-state index in [0.717, 1.165) is 19.6 Å². The van der Waals surface area contributed by atoms with E-state index in [1.165, 1.54) is 6.42 Å². The molecule has 1 fully saturated rings. The minimum Gasteiger partial charge on any atom is -0.367 e. The first-order valence-corrected chi connectivity index (χ1v) is 6.85. The van der Waals surface area contributed by atoms with E-state index in [9.17, 15) is 0 Å². The molecule has 0 amide bonds. The molecule has 1 heterocycles. The predicted molar refractivity (Wildman–Crippen MR) is 73.1 cm³/mol. The Labute approximate surface area is 107 Å². The number of hydrogen-bond acceptors (Lipinski definition) is 3. The average Bonchev–Trinajstić information content (AvgIpc) is 2.13. The Hall–Kier alpha value is -0.120. The van der Waals surface area contributed by atoms with Gasteiger partial charge in [0.25, 0.3) is 0 Å². The van der Waals surface area contributed by atoms with Gasteiger partial charge in [0.15, 0.2) is 0 Å². The van der Waals surface area contributed by atoms with Crippen LogP contribution in [0.2, 0.25) is 0 Å². The Morgan fingerprint density at radius 3 is 2.00 bits per heavy atom. The summed E-state index contributed by atoms with van der Waals surface area (Å²) in [5.74, 6) is 0.643. The Morgan fingerprint density at radius 2 is 1.65 bits per heavy atom. The van der Waals surface area contributed by atoms with Gasteiger partial charge in [-0.2, -0.15) is 0 Å². The van der Waals surface area contributed by atoms with Crippen LogP contribution in [0.4, 0.5) is 0 Å².